The van der Waals surface area contributed by atoms with Crippen molar-refractivity contribution in [2.24, 2.45) is 0 Å². The highest BCUT2D eigenvalue weighted by molar-refractivity contribution is 7.92. The Bertz CT molecular complexity index is 1200. The highest BCUT2D eigenvalue weighted by Gasteiger charge is 2.31. The molecule has 1 heterocycles. The Hall–Kier alpha value is -2.84. The number of para-hydroxylation sites is 1. The summed E-state index contributed by atoms with van der Waals surface area (Å²) in [7, 11) is -2.55. The molecule has 0 saturated heterocycles. The Morgan fingerprint density at radius 3 is 2.45 bits per heavy atom. The van der Waals surface area contributed by atoms with Crippen molar-refractivity contribution in [1.82, 2.24) is 4.57 Å². The van der Waals surface area contributed by atoms with Gasteiger partial charge in [-0.05, 0) is 31.2 Å². The van der Waals surface area contributed by atoms with Gasteiger partial charge in [0.25, 0.3) is 5.91 Å². The maximum atomic E-state index is 13.3. The van der Waals surface area contributed by atoms with E-state index < -0.39 is 27.9 Å². The smallest absolute Gasteiger partial charge is 0.340 e. The quantitative estimate of drug-likeness (QED) is 0.573. The summed E-state index contributed by atoms with van der Waals surface area (Å²) in [5, 5.41) is 0.878. The minimum absolute atomic E-state index is 0.220. The third-order valence-electron chi connectivity index (χ3n) is 4.48. The molecule has 7 nitrogen and oxygen atoms in total. The Labute approximate surface area is 173 Å². The second kappa shape index (κ2) is 7.88. The number of hydrogen-bond donors (Lipinski definition) is 0. The van der Waals surface area contributed by atoms with Crippen LogP contribution in [0.5, 0.6) is 0 Å². The normalized spacial score (nSPS) is 12.6. The average molecular weight is 435 g/mol. The van der Waals surface area contributed by atoms with E-state index in [1.165, 1.54) is 30.9 Å². The second-order valence-electron chi connectivity index (χ2n) is 6.47. The molecule has 3 rings (SSSR count). The van der Waals surface area contributed by atoms with Gasteiger partial charge in [0.1, 0.15) is 6.04 Å². The molecule has 1 atom stereocenters. The van der Waals surface area contributed by atoms with Crippen LogP contribution in [0.15, 0.2) is 54.7 Å². The molecule has 29 heavy (non-hydrogen) atoms. The van der Waals surface area contributed by atoms with Crippen LogP contribution < -0.4 is 4.31 Å². The lowest BCUT2D eigenvalue weighted by atomic mass is 10.2. The number of carbonyl (C=O) groups is 2. The van der Waals surface area contributed by atoms with Crippen LogP contribution in [-0.4, -0.2) is 44.3 Å². The van der Waals surface area contributed by atoms with Gasteiger partial charge in [-0.3, -0.25) is 13.7 Å². The van der Waals surface area contributed by atoms with Crippen LogP contribution in [0.3, 0.4) is 0 Å². The first-order valence-corrected chi connectivity index (χ1v) is 10.9. The summed E-state index contributed by atoms with van der Waals surface area (Å²) < 4.78 is 32.1. The van der Waals surface area contributed by atoms with Gasteiger partial charge in [0.05, 0.1) is 30.1 Å². The minimum Gasteiger partial charge on any atom is -0.465 e. The molecular weight excluding hydrogens is 416 g/mol. The van der Waals surface area contributed by atoms with Crippen molar-refractivity contribution < 1.29 is 22.7 Å². The van der Waals surface area contributed by atoms with Gasteiger partial charge in [0.15, 0.2) is 0 Å². The van der Waals surface area contributed by atoms with Crippen LogP contribution in [0.1, 0.15) is 22.1 Å². The summed E-state index contributed by atoms with van der Waals surface area (Å²) >= 11 is 6.01. The van der Waals surface area contributed by atoms with E-state index in [1.807, 2.05) is 0 Å². The number of rotatable bonds is 5. The van der Waals surface area contributed by atoms with Crippen molar-refractivity contribution in [2.45, 2.75) is 13.0 Å². The average Bonchev–Trinajstić information content (AvgIpc) is 3.05. The SMILES string of the molecule is COC(=O)c1cn(C(=O)[C@@H](C)N(c2cccc(Cl)c2)S(C)(=O)=O)c2ccccc12. The maximum Gasteiger partial charge on any atom is 0.340 e. The van der Waals surface area contributed by atoms with Gasteiger partial charge in [-0.25, -0.2) is 13.2 Å². The molecule has 0 saturated carbocycles. The number of methoxy groups -OCH3 is 1. The monoisotopic (exact) mass is 434 g/mol. The molecule has 0 aliphatic rings. The lowest BCUT2D eigenvalue weighted by Crippen LogP contribution is -2.44. The number of esters is 1. The Kier molecular flexibility index (Phi) is 5.68. The first-order valence-electron chi connectivity index (χ1n) is 8.62. The van der Waals surface area contributed by atoms with Crippen LogP contribution in [0.25, 0.3) is 10.9 Å². The van der Waals surface area contributed by atoms with E-state index in [2.05, 4.69) is 0 Å². The molecule has 0 aliphatic heterocycles. The number of anilines is 1. The Balaban J connectivity index is 2.13. The molecule has 0 amide bonds. The number of ether oxygens (including phenoxy) is 1. The lowest BCUT2D eigenvalue weighted by Gasteiger charge is -2.28. The Morgan fingerprint density at radius 1 is 1.14 bits per heavy atom. The van der Waals surface area contributed by atoms with Crippen LogP contribution >= 0.6 is 11.6 Å². The molecule has 152 valence electrons. The van der Waals surface area contributed by atoms with Crippen LogP contribution in [-0.2, 0) is 14.8 Å². The molecule has 0 bridgehead atoms. The predicted molar refractivity (Wildman–Crippen MR) is 112 cm³/mol. The van der Waals surface area contributed by atoms with Gasteiger partial charge in [-0.1, -0.05) is 35.9 Å². The molecule has 0 radical (unpaired) electrons. The summed E-state index contributed by atoms with van der Waals surface area (Å²) in [5.74, 6) is -1.11. The largest absolute Gasteiger partial charge is 0.465 e. The first-order chi connectivity index (χ1) is 13.6. The first kappa shape index (κ1) is 20.9. The van der Waals surface area contributed by atoms with Gasteiger partial charge in [0.2, 0.25) is 10.0 Å². The summed E-state index contributed by atoms with van der Waals surface area (Å²) in [6.07, 6.45) is 2.39. The van der Waals surface area contributed by atoms with Crippen molar-refractivity contribution in [3.8, 4) is 0 Å². The molecule has 1 aromatic heterocycles. The van der Waals surface area contributed by atoms with Crippen molar-refractivity contribution in [2.75, 3.05) is 17.7 Å². The number of benzene rings is 2. The number of hydrogen-bond acceptors (Lipinski definition) is 5. The van der Waals surface area contributed by atoms with Crippen molar-refractivity contribution in [3.05, 3.63) is 65.3 Å². The highest BCUT2D eigenvalue weighted by Crippen LogP contribution is 2.27. The predicted octanol–water partition coefficient (Wildman–Crippen LogP) is 3.58. The number of sulfonamides is 1. The van der Waals surface area contributed by atoms with E-state index in [-0.39, 0.29) is 11.3 Å². The number of fused-ring (bicyclic) bond motifs is 1. The third kappa shape index (κ3) is 3.99. The summed E-state index contributed by atoms with van der Waals surface area (Å²) in [4.78, 5) is 25.4. The van der Waals surface area contributed by atoms with Gasteiger partial charge >= 0.3 is 5.97 Å². The number of halogens is 1. The summed E-state index contributed by atoms with van der Waals surface area (Å²) in [5.41, 5.74) is 0.965. The van der Waals surface area contributed by atoms with Crippen LogP contribution in [0.2, 0.25) is 5.02 Å². The van der Waals surface area contributed by atoms with Crippen LogP contribution in [0, 0.1) is 0 Å². The maximum absolute atomic E-state index is 13.3. The molecule has 0 unspecified atom stereocenters. The Morgan fingerprint density at radius 2 is 1.83 bits per heavy atom. The summed E-state index contributed by atoms with van der Waals surface area (Å²) in [6.45, 7) is 1.48. The molecule has 9 heteroatoms. The fourth-order valence-corrected chi connectivity index (χ4v) is 4.60. The zero-order valence-corrected chi connectivity index (χ0v) is 17.6. The van der Waals surface area contributed by atoms with Gasteiger partial charge in [-0.15, -0.1) is 0 Å². The van der Waals surface area contributed by atoms with Crippen molar-refractivity contribution >= 4 is 50.1 Å². The molecule has 0 N–H and O–H groups in total. The van der Waals surface area contributed by atoms with E-state index in [1.54, 1.807) is 42.5 Å². The topological polar surface area (TPSA) is 85.7 Å². The molecule has 0 fully saturated rings. The molecular formula is C20H19ClN2O5S. The third-order valence-corrected chi connectivity index (χ3v) is 5.96. The molecule has 3 aromatic rings. The number of nitrogens with zero attached hydrogens (tertiary/aromatic N) is 2. The van der Waals surface area contributed by atoms with E-state index in [0.29, 0.717) is 15.9 Å². The fourth-order valence-electron chi connectivity index (χ4n) is 3.25. The zero-order chi connectivity index (χ0) is 21.3. The van der Waals surface area contributed by atoms with Gasteiger partial charge in [0, 0.05) is 16.6 Å². The summed E-state index contributed by atoms with van der Waals surface area (Å²) in [6, 6.07) is 12.0. The van der Waals surface area contributed by atoms with Crippen LogP contribution in [0.4, 0.5) is 5.69 Å². The van der Waals surface area contributed by atoms with Crippen molar-refractivity contribution in [1.29, 1.82) is 0 Å². The lowest BCUT2D eigenvalue weighted by molar-refractivity contribution is 0.0603. The van der Waals surface area contributed by atoms with E-state index in [0.717, 1.165) is 10.6 Å². The number of carbonyl (C=O) groups excluding carboxylic acids is 2. The highest BCUT2D eigenvalue weighted by atomic mass is 35.5. The molecule has 0 spiro atoms. The van der Waals surface area contributed by atoms with E-state index in [9.17, 15) is 18.0 Å². The van der Waals surface area contributed by atoms with Gasteiger partial charge in [-0.2, -0.15) is 0 Å². The minimum atomic E-state index is -3.81. The molecule has 2 aromatic carbocycles. The molecule has 0 aliphatic carbocycles. The van der Waals surface area contributed by atoms with E-state index >= 15 is 0 Å². The van der Waals surface area contributed by atoms with Crippen molar-refractivity contribution in [3.63, 3.8) is 0 Å². The number of aromatic nitrogens is 1. The van der Waals surface area contributed by atoms with E-state index in [4.69, 9.17) is 16.3 Å². The van der Waals surface area contributed by atoms with Gasteiger partial charge < -0.3 is 4.74 Å². The second-order valence-corrected chi connectivity index (χ2v) is 8.77. The zero-order valence-electron chi connectivity index (χ0n) is 16.0. The fraction of sp³-hybridized carbons (Fsp3) is 0.200. The standard InChI is InChI=1S/C20H19ClN2O5S/c1-13(23(29(3,26)27)15-8-6-7-14(21)11-15)19(24)22-12-17(20(25)28-2)16-9-4-5-10-18(16)22/h4-13H,1-3H3/t13-/m1/s1.